The normalized spacial score (nSPS) is 18.1. The summed E-state index contributed by atoms with van der Waals surface area (Å²) in [6.07, 6.45) is 3.68. The van der Waals surface area contributed by atoms with E-state index in [0.717, 1.165) is 0 Å². The summed E-state index contributed by atoms with van der Waals surface area (Å²) < 4.78 is 4.63. The molecule has 0 unspecified atom stereocenters. The fourth-order valence-electron chi connectivity index (χ4n) is 2.48. The molecule has 1 aliphatic carbocycles. The molecule has 3 rings (SSSR count). The number of carbonyl (C=O) groups is 3. The first-order valence-electron chi connectivity index (χ1n) is 7.78. The van der Waals surface area contributed by atoms with Gasteiger partial charge < -0.3 is 15.4 Å². The van der Waals surface area contributed by atoms with Crippen molar-refractivity contribution in [1.29, 1.82) is 0 Å². The van der Waals surface area contributed by atoms with Crippen molar-refractivity contribution in [1.82, 2.24) is 4.98 Å². The van der Waals surface area contributed by atoms with Crippen LogP contribution < -0.4 is 10.6 Å². The largest absolute Gasteiger partial charge is 0.469 e. The predicted octanol–water partition coefficient (Wildman–Crippen LogP) is 2.08. The van der Waals surface area contributed by atoms with E-state index in [4.69, 9.17) is 0 Å². The van der Waals surface area contributed by atoms with Crippen LogP contribution in [-0.2, 0) is 14.3 Å². The molecule has 0 bridgehead atoms. The van der Waals surface area contributed by atoms with Gasteiger partial charge in [0.25, 0.3) is 5.91 Å². The number of nitrogens with one attached hydrogen (secondary N) is 2. The fourth-order valence-corrected chi connectivity index (χ4v) is 2.48. The predicted molar refractivity (Wildman–Crippen MR) is 90.9 cm³/mol. The zero-order valence-corrected chi connectivity index (χ0v) is 13.6. The highest BCUT2D eigenvalue weighted by molar-refractivity contribution is 6.04. The zero-order chi connectivity index (χ0) is 17.8. The number of hydrogen-bond donors (Lipinski definition) is 2. The van der Waals surface area contributed by atoms with E-state index < -0.39 is 0 Å². The third-order valence-corrected chi connectivity index (χ3v) is 3.97. The lowest BCUT2D eigenvalue weighted by Gasteiger charge is -2.07. The molecule has 1 fully saturated rings. The monoisotopic (exact) mass is 339 g/mol. The van der Waals surface area contributed by atoms with Gasteiger partial charge in [0.2, 0.25) is 5.91 Å². The van der Waals surface area contributed by atoms with Crippen LogP contribution in [0.1, 0.15) is 16.8 Å². The van der Waals surface area contributed by atoms with Crippen molar-refractivity contribution in [3.05, 3.63) is 54.4 Å². The molecule has 2 atom stereocenters. The summed E-state index contributed by atoms with van der Waals surface area (Å²) in [5, 5.41) is 5.47. The summed E-state index contributed by atoms with van der Waals surface area (Å²) in [5.74, 6) is -1.54. The molecule has 2 aromatic rings. The number of pyridine rings is 1. The van der Waals surface area contributed by atoms with Gasteiger partial charge in [0.05, 0.1) is 30.8 Å². The first kappa shape index (κ1) is 16.6. The molecule has 1 saturated carbocycles. The second kappa shape index (κ2) is 7.12. The molecule has 0 aliphatic heterocycles. The van der Waals surface area contributed by atoms with Crippen LogP contribution >= 0.6 is 0 Å². The number of aromatic nitrogens is 1. The number of carbonyl (C=O) groups excluding carboxylic acids is 3. The Morgan fingerprint density at radius 1 is 1.04 bits per heavy atom. The first-order chi connectivity index (χ1) is 12.1. The van der Waals surface area contributed by atoms with Gasteiger partial charge in [-0.15, -0.1) is 0 Å². The molecule has 0 saturated heterocycles. The minimum atomic E-state index is -0.359. The van der Waals surface area contributed by atoms with Gasteiger partial charge in [-0.05, 0) is 42.8 Å². The maximum atomic E-state index is 12.1. The average Bonchev–Trinajstić information content (AvgIpc) is 3.43. The number of anilines is 2. The zero-order valence-electron chi connectivity index (χ0n) is 13.6. The number of nitrogens with zero attached hydrogens (tertiary/aromatic N) is 1. The van der Waals surface area contributed by atoms with E-state index in [2.05, 4.69) is 20.4 Å². The lowest BCUT2D eigenvalue weighted by molar-refractivity contribution is -0.143. The van der Waals surface area contributed by atoms with E-state index in [1.807, 2.05) is 0 Å². The number of rotatable bonds is 5. The van der Waals surface area contributed by atoms with Crippen LogP contribution in [0.2, 0.25) is 0 Å². The van der Waals surface area contributed by atoms with Gasteiger partial charge in [0.15, 0.2) is 0 Å². The Hall–Kier alpha value is -3.22. The van der Waals surface area contributed by atoms with E-state index in [1.165, 1.54) is 7.11 Å². The maximum absolute atomic E-state index is 12.1. The van der Waals surface area contributed by atoms with E-state index >= 15 is 0 Å². The summed E-state index contributed by atoms with van der Waals surface area (Å²) >= 11 is 0. The highest BCUT2D eigenvalue weighted by atomic mass is 16.5. The number of hydrogen-bond acceptors (Lipinski definition) is 5. The van der Waals surface area contributed by atoms with Gasteiger partial charge in [-0.1, -0.05) is 0 Å². The highest BCUT2D eigenvalue weighted by Gasteiger charge is 2.48. The van der Waals surface area contributed by atoms with Crippen molar-refractivity contribution in [2.24, 2.45) is 11.8 Å². The van der Waals surface area contributed by atoms with Crippen LogP contribution in [-0.4, -0.2) is 29.9 Å². The lowest BCUT2D eigenvalue weighted by atomic mass is 10.2. The topological polar surface area (TPSA) is 97.4 Å². The molecule has 1 aliphatic rings. The first-order valence-corrected chi connectivity index (χ1v) is 7.78. The molecular weight excluding hydrogens is 322 g/mol. The van der Waals surface area contributed by atoms with Crippen LogP contribution in [0.3, 0.4) is 0 Å². The lowest BCUT2D eigenvalue weighted by Crippen LogP contribution is -2.17. The van der Waals surface area contributed by atoms with Crippen LogP contribution in [0.15, 0.2) is 48.8 Å². The second-order valence-corrected chi connectivity index (χ2v) is 5.73. The molecule has 0 radical (unpaired) electrons. The number of esters is 1. The van der Waals surface area contributed by atoms with Gasteiger partial charge in [0.1, 0.15) is 0 Å². The van der Waals surface area contributed by atoms with Gasteiger partial charge >= 0.3 is 5.97 Å². The number of benzene rings is 1. The number of methoxy groups -OCH3 is 1. The van der Waals surface area contributed by atoms with Crippen LogP contribution in [0.5, 0.6) is 0 Å². The summed E-state index contributed by atoms with van der Waals surface area (Å²) in [7, 11) is 1.31. The van der Waals surface area contributed by atoms with Crippen LogP contribution in [0.25, 0.3) is 0 Å². The second-order valence-electron chi connectivity index (χ2n) is 5.73. The molecule has 1 aromatic carbocycles. The Morgan fingerprint density at radius 3 is 2.44 bits per heavy atom. The molecule has 1 heterocycles. The average molecular weight is 339 g/mol. The number of ether oxygens (including phenoxy) is 1. The Bertz CT molecular complexity index is 790. The van der Waals surface area contributed by atoms with Gasteiger partial charge in [-0.25, -0.2) is 0 Å². The Labute approximate surface area is 144 Å². The third-order valence-electron chi connectivity index (χ3n) is 3.97. The molecule has 7 nitrogen and oxygen atoms in total. The van der Waals surface area contributed by atoms with Crippen molar-refractivity contribution in [3.63, 3.8) is 0 Å². The van der Waals surface area contributed by atoms with E-state index in [0.29, 0.717) is 23.4 Å². The summed E-state index contributed by atoms with van der Waals surface area (Å²) in [4.78, 5) is 39.5. The quantitative estimate of drug-likeness (QED) is 0.813. The smallest absolute Gasteiger partial charge is 0.309 e. The SMILES string of the molecule is COC(=O)[C@H]1C[C@@H]1C(=O)Nc1ccc(C(=O)Nc2cccnc2)cc1. The minimum Gasteiger partial charge on any atom is -0.469 e. The van der Waals surface area contributed by atoms with Crippen molar-refractivity contribution in [2.45, 2.75) is 6.42 Å². The molecule has 25 heavy (non-hydrogen) atoms. The van der Waals surface area contributed by atoms with Crippen molar-refractivity contribution >= 4 is 29.2 Å². The maximum Gasteiger partial charge on any atom is 0.309 e. The summed E-state index contributed by atoms with van der Waals surface area (Å²) in [6, 6.07) is 10.00. The van der Waals surface area contributed by atoms with Crippen molar-refractivity contribution in [3.8, 4) is 0 Å². The molecular formula is C18H17N3O4. The third kappa shape index (κ3) is 4.00. The molecule has 128 valence electrons. The van der Waals surface area contributed by atoms with E-state index in [1.54, 1.807) is 48.8 Å². The molecule has 1 aromatic heterocycles. The van der Waals surface area contributed by atoms with Crippen molar-refractivity contribution < 1.29 is 19.1 Å². The molecule has 0 spiro atoms. The summed E-state index contributed by atoms with van der Waals surface area (Å²) in [5.41, 5.74) is 1.63. The number of amides is 2. The standard InChI is InChI=1S/C18H17N3O4/c1-25-18(24)15-9-14(15)17(23)20-12-6-4-11(5-7-12)16(22)21-13-3-2-8-19-10-13/h2-8,10,14-15H,9H2,1H3,(H,20,23)(H,21,22)/t14-,15-/m0/s1. The Balaban J connectivity index is 1.56. The van der Waals surface area contributed by atoms with Gasteiger partial charge in [-0.2, -0.15) is 0 Å². The van der Waals surface area contributed by atoms with E-state index in [-0.39, 0.29) is 29.6 Å². The van der Waals surface area contributed by atoms with Crippen molar-refractivity contribution in [2.75, 3.05) is 17.7 Å². The Morgan fingerprint density at radius 2 is 1.80 bits per heavy atom. The fraction of sp³-hybridized carbons (Fsp3) is 0.222. The van der Waals surface area contributed by atoms with E-state index in [9.17, 15) is 14.4 Å². The molecule has 7 heteroatoms. The molecule has 2 amide bonds. The minimum absolute atomic E-state index is 0.219. The Kier molecular flexibility index (Phi) is 4.74. The van der Waals surface area contributed by atoms with Gasteiger partial charge in [-0.3, -0.25) is 19.4 Å². The van der Waals surface area contributed by atoms with Crippen LogP contribution in [0, 0.1) is 11.8 Å². The van der Waals surface area contributed by atoms with Crippen LogP contribution in [0.4, 0.5) is 11.4 Å². The van der Waals surface area contributed by atoms with Gasteiger partial charge in [0, 0.05) is 17.4 Å². The summed E-state index contributed by atoms with van der Waals surface area (Å²) in [6.45, 7) is 0. The highest BCUT2D eigenvalue weighted by Crippen LogP contribution is 2.40. The molecule has 2 N–H and O–H groups in total.